The first-order valence-electron chi connectivity index (χ1n) is 11.1. The molecule has 1 aliphatic rings. The first-order chi connectivity index (χ1) is 15.8. The van der Waals surface area contributed by atoms with Crippen molar-refractivity contribution in [3.63, 3.8) is 0 Å². The second-order valence-corrected chi connectivity index (χ2v) is 10.5. The first-order valence-corrected chi connectivity index (χ1v) is 13.1. The topological polar surface area (TPSA) is 92.8 Å². The van der Waals surface area contributed by atoms with Crippen LogP contribution in [0.2, 0.25) is 5.02 Å². The minimum absolute atomic E-state index is 0.0567. The molecule has 2 aromatic rings. The van der Waals surface area contributed by atoms with Gasteiger partial charge >= 0.3 is 5.97 Å². The van der Waals surface area contributed by atoms with Crippen LogP contribution in [-0.2, 0) is 26.0 Å². The van der Waals surface area contributed by atoms with Crippen LogP contribution in [0.25, 0.3) is 0 Å². The Morgan fingerprint density at radius 3 is 2.64 bits per heavy atom. The molecule has 9 heteroatoms. The number of benzene rings is 2. The molecule has 0 spiro atoms. The molecule has 33 heavy (non-hydrogen) atoms. The van der Waals surface area contributed by atoms with Crippen molar-refractivity contribution in [2.24, 2.45) is 5.92 Å². The molecule has 7 nitrogen and oxygen atoms in total. The number of amides is 1. The summed E-state index contributed by atoms with van der Waals surface area (Å²) in [5.74, 6) is -1.19. The van der Waals surface area contributed by atoms with Gasteiger partial charge in [0.15, 0.2) is 0 Å². The lowest BCUT2D eigenvalue weighted by Gasteiger charge is -2.31. The van der Waals surface area contributed by atoms with Crippen molar-refractivity contribution in [1.82, 2.24) is 4.31 Å². The normalized spacial score (nSPS) is 16.8. The number of hydrogen-bond acceptors (Lipinski definition) is 5. The molecule has 1 heterocycles. The summed E-state index contributed by atoms with van der Waals surface area (Å²) in [6.45, 7) is 2.53. The number of nitrogens with one attached hydrogen (secondary N) is 1. The molecule has 1 amide bonds. The maximum Gasteiger partial charge on any atom is 0.339 e. The van der Waals surface area contributed by atoms with Crippen molar-refractivity contribution in [3.05, 3.63) is 64.7 Å². The average Bonchev–Trinajstić information content (AvgIpc) is 2.80. The number of piperidine rings is 1. The van der Waals surface area contributed by atoms with E-state index in [4.69, 9.17) is 16.3 Å². The quantitative estimate of drug-likeness (QED) is 0.531. The Labute approximate surface area is 200 Å². The van der Waals surface area contributed by atoms with Gasteiger partial charge in [0.25, 0.3) is 0 Å². The van der Waals surface area contributed by atoms with E-state index in [1.807, 2.05) is 30.3 Å². The van der Waals surface area contributed by atoms with E-state index < -0.39 is 21.9 Å². The fourth-order valence-electron chi connectivity index (χ4n) is 3.85. The molecule has 0 saturated carbocycles. The van der Waals surface area contributed by atoms with Gasteiger partial charge in [-0.05, 0) is 56.4 Å². The molecule has 1 fully saturated rings. The molecule has 1 saturated heterocycles. The molecule has 1 N–H and O–H groups in total. The lowest BCUT2D eigenvalue weighted by atomic mass is 9.98. The van der Waals surface area contributed by atoms with Gasteiger partial charge in [-0.3, -0.25) is 4.79 Å². The lowest BCUT2D eigenvalue weighted by Crippen LogP contribution is -2.44. The number of carbonyl (C=O) groups is 2. The van der Waals surface area contributed by atoms with Gasteiger partial charge in [-0.15, -0.1) is 0 Å². The van der Waals surface area contributed by atoms with Crippen LogP contribution < -0.4 is 5.32 Å². The number of aryl methyl sites for hydroxylation is 1. The smallest absolute Gasteiger partial charge is 0.339 e. The molecule has 0 bridgehead atoms. The van der Waals surface area contributed by atoms with Gasteiger partial charge in [0.05, 0.1) is 28.9 Å². The van der Waals surface area contributed by atoms with Gasteiger partial charge in [-0.25, -0.2) is 17.5 Å². The summed E-state index contributed by atoms with van der Waals surface area (Å²) < 4.78 is 32.1. The van der Waals surface area contributed by atoms with Gasteiger partial charge in [0.2, 0.25) is 15.9 Å². The van der Waals surface area contributed by atoms with Crippen LogP contribution in [0.4, 0.5) is 5.69 Å². The molecule has 0 radical (unpaired) electrons. The summed E-state index contributed by atoms with van der Waals surface area (Å²) in [7, 11) is -3.44. The van der Waals surface area contributed by atoms with Crippen molar-refractivity contribution >= 4 is 39.2 Å². The third kappa shape index (κ3) is 7.03. The largest absolute Gasteiger partial charge is 0.462 e. The van der Waals surface area contributed by atoms with Crippen LogP contribution in [-0.4, -0.2) is 50.0 Å². The van der Waals surface area contributed by atoms with E-state index in [-0.39, 0.29) is 35.4 Å². The predicted molar refractivity (Wildman–Crippen MR) is 129 cm³/mol. The fourth-order valence-corrected chi connectivity index (χ4v) is 5.69. The Morgan fingerprint density at radius 2 is 1.94 bits per heavy atom. The summed E-state index contributed by atoms with van der Waals surface area (Å²) >= 11 is 6.17. The van der Waals surface area contributed by atoms with Gasteiger partial charge in [0, 0.05) is 18.8 Å². The Bertz CT molecular complexity index is 1080. The number of carbonyl (C=O) groups excluding carboxylic acids is 2. The Hall–Kier alpha value is -2.42. The zero-order chi connectivity index (χ0) is 23.8. The first kappa shape index (κ1) is 25.2. The lowest BCUT2D eigenvalue weighted by molar-refractivity contribution is -0.120. The molecule has 1 atom stereocenters. The second kappa shape index (κ2) is 11.6. The number of hydrogen-bond donors (Lipinski definition) is 1. The van der Waals surface area contributed by atoms with Crippen molar-refractivity contribution in [1.29, 1.82) is 0 Å². The highest BCUT2D eigenvalue weighted by atomic mass is 35.5. The van der Waals surface area contributed by atoms with E-state index in [1.54, 1.807) is 13.0 Å². The van der Waals surface area contributed by atoms with Crippen LogP contribution in [0, 0.1) is 5.92 Å². The van der Waals surface area contributed by atoms with Crippen molar-refractivity contribution in [3.8, 4) is 0 Å². The molecule has 0 unspecified atom stereocenters. The van der Waals surface area contributed by atoms with E-state index in [0.29, 0.717) is 37.9 Å². The van der Waals surface area contributed by atoms with Crippen LogP contribution in [0.3, 0.4) is 0 Å². The third-order valence-electron chi connectivity index (χ3n) is 5.59. The molecular formula is C24H29ClN2O5S. The molecular weight excluding hydrogens is 464 g/mol. The van der Waals surface area contributed by atoms with E-state index in [1.165, 1.54) is 16.4 Å². The molecule has 3 rings (SSSR count). The van der Waals surface area contributed by atoms with E-state index >= 15 is 0 Å². The Morgan fingerprint density at radius 1 is 1.18 bits per heavy atom. The molecule has 178 valence electrons. The van der Waals surface area contributed by atoms with Gasteiger partial charge in [-0.2, -0.15) is 0 Å². The highest BCUT2D eigenvalue weighted by molar-refractivity contribution is 7.89. The van der Waals surface area contributed by atoms with Crippen LogP contribution in [0.1, 0.15) is 42.1 Å². The van der Waals surface area contributed by atoms with Crippen LogP contribution >= 0.6 is 11.6 Å². The number of rotatable bonds is 9. The number of anilines is 1. The highest BCUT2D eigenvalue weighted by Gasteiger charge is 2.32. The number of ether oxygens (including phenoxy) is 1. The molecule has 0 aliphatic carbocycles. The van der Waals surface area contributed by atoms with Crippen molar-refractivity contribution in [2.75, 3.05) is 30.8 Å². The average molecular weight is 493 g/mol. The summed E-state index contributed by atoms with van der Waals surface area (Å²) in [4.78, 5) is 24.7. The molecule has 2 aromatic carbocycles. The van der Waals surface area contributed by atoms with E-state index in [0.717, 1.165) is 5.56 Å². The van der Waals surface area contributed by atoms with Crippen LogP contribution in [0.15, 0.2) is 48.5 Å². The fraction of sp³-hybridized carbons (Fsp3) is 0.417. The molecule has 1 aliphatic heterocycles. The van der Waals surface area contributed by atoms with Gasteiger partial charge in [-0.1, -0.05) is 41.9 Å². The number of halogens is 1. The van der Waals surface area contributed by atoms with Crippen molar-refractivity contribution < 1.29 is 22.7 Å². The second-order valence-electron chi connectivity index (χ2n) is 8.01. The van der Waals surface area contributed by atoms with E-state index in [9.17, 15) is 18.0 Å². The summed E-state index contributed by atoms with van der Waals surface area (Å²) in [6.07, 6.45) is 2.46. The maximum atomic E-state index is 12.8. The zero-order valence-corrected chi connectivity index (χ0v) is 20.2. The monoisotopic (exact) mass is 492 g/mol. The van der Waals surface area contributed by atoms with Gasteiger partial charge < -0.3 is 10.1 Å². The maximum absolute atomic E-state index is 12.8. The predicted octanol–water partition coefficient (Wildman–Crippen LogP) is 4.13. The minimum atomic E-state index is -3.44. The van der Waals surface area contributed by atoms with Gasteiger partial charge in [0.1, 0.15) is 0 Å². The Balaban J connectivity index is 1.56. The summed E-state index contributed by atoms with van der Waals surface area (Å²) in [5, 5.41) is 2.97. The summed E-state index contributed by atoms with van der Waals surface area (Å²) in [5.41, 5.74) is 1.78. The SMILES string of the molecule is CCOC(=O)c1ccc(NC(=O)[C@H]2CCCN(S(=O)(=O)CCCc3ccccc3)C2)cc1Cl. The Kier molecular flexibility index (Phi) is 8.88. The molecule has 0 aromatic heterocycles. The number of nitrogens with zero attached hydrogens (tertiary/aromatic N) is 1. The summed E-state index contributed by atoms with van der Waals surface area (Å²) in [6, 6.07) is 14.4. The van der Waals surface area contributed by atoms with Crippen molar-refractivity contribution in [2.45, 2.75) is 32.6 Å². The highest BCUT2D eigenvalue weighted by Crippen LogP contribution is 2.25. The van der Waals surface area contributed by atoms with Crippen LogP contribution in [0.5, 0.6) is 0 Å². The number of esters is 1. The zero-order valence-electron chi connectivity index (χ0n) is 18.6. The van der Waals surface area contributed by atoms with E-state index in [2.05, 4.69) is 5.32 Å². The third-order valence-corrected chi connectivity index (χ3v) is 7.83. The number of sulfonamides is 1. The standard InChI is InChI=1S/C24H29ClN2O5S/c1-2-32-24(29)21-13-12-20(16-22(21)25)26-23(28)19-11-6-14-27(17-19)33(30,31)15-7-10-18-8-4-3-5-9-18/h3-5,8-9,12-13,16,19H,2,6-7,10-11,14-15,17H2,1H3,(H,26,28)/t19-/m0/s1. The minimum Gasteiger partial charge on any atom is -0.462 e.